The SMILES string of the molecule is N#CC1=C2c3ccccc3C(=O)N2[B-](F)(F)[n+]2ccccc21. The highest BCUT2D eigenvalue weighted by Gasteiger charge is 2.59. The number of halogens is 2. The van der Waals surface area contributed by atoms with Gasteiger partial charge >= 0.3 is 6.97 Å². The van der Waals surface area contributed by atoms with Gasteiger partial charge in [-0.2, -0.15) is 5.26 Å². The summed E-state index contributed by atoms with van der Waals surface area (Å²) < 4.78 is 30.4. The maximum absolute atomic E-state index is 14.9. The van der Waals surface area contributed by atoms with E-state index in [0.717, 1.165) is 0 Å². The Bertz CT molecular complexity index is 917. The third kappa shape index (κ3) is 1.34. The highest BCUT2D eigenvalue weighted by atomic mass is 19.2. The van der Waals surface area contributed by atoms with Gasteiger partial charge in [0.25, 0.3) is 0 Å². The topological polar surface area (TPSA) is 48.0 Å². The summed E-state index contributed by atoms with van der Waals surface area (Å²) in [5.41, 5.74) is 0.762. The molecule has 4 rings (SSSR count). The van der Waals surface area contributed by atoms with E-state index in [2.05, 4.69) is 0 Å². The van der Waals surface area contributed by atoms with Gasteiger partial charge in [0, 0.05) is 22.9 Å². The molecule has 0 saturated carbocycles. The van der Waals surface area contributed by atoms with Gasteiger partial charge < -0.3 is 17.9 Å². The predicted molar refractivity (Wildman–Crippen MR) is 75.0 cm³/mol. The zero-order chi connectivity index (χ0) is 15.5. The van der Waals surface area contributed by atoms with Crippen LogP contribution >= 0.6 is 0 Å². The lowest BCUT2D eigenvalue weighted by Crippen LogP contribution is -2.72. The molecule has 2 aromatic rings. The second-order valence-corrected chi connectivity index (χ2v) is 5.14. The minimum absolute atomic E-state index is 0.000648. The Morgan fingerprint density at radius 3 is 2.50 bits per heavy atom. The molecular weight excluding hydrogens is 287 g/mol. The van der Waals surface area contributed by atoms with Crippen LogP contribution in [0, 0.1) is 11.3 Å². The zero-order valence-electron chi connectivity index (χ0n) is 11.2. The summed E-state index contributed by atoms with van der Waals surface area (Å²) in [5, 5.41) is 9.47. The van der Waals surface area contributed by atoms with E-state index in [4.69, 9.17) is 0 Å². The molecule has 0 unspecified atom stereocenters. The first-order chi connectivity index (χ1) is 10.6. The Morgan fingerprint density at radius 2 is 1.77 bits per heavy atom. The average molecular weight is 295 g/mol. The summed E-state index contributed by atoms with van der Waals surface area (Å²) in [6.45, 7) is -4.33. The van der Waals surface area contributed by atoms with Crippen molar-refractivity contribution < 1.29 is 17.9 Å². The van der Waals surface area contributed by atoms with Crippen LogP contribution < -0.4 is 4.48 Å². The van der Waals surface area contributed by atoms with Crippen molar-refractivity contribution >= 4 is 24.1 Å². The van der Waals surface area contributed by atoms with Gasteiger partial charge in [0.15, 0.2) is 5.69 Å². The fourth-order valence-electron chi connectivity index (χ4n) is 3.08. The van der Waals surface area contributed by atoms with E-state index < -0.39 is 12.9 Å². The molecule has 0 radical (unpaired) electrons. The van der Waals surface area contributed by atoms with Crippen molar-refractivity contribution in [2.45, 2.75) is 0 Å². The molecule has 1 aromatic heterocycles. The Labute approximate surface area is 124 Å². The average Bonchev–Trinajstić information content (AvgIpc) is 2.83. The predicted octanol–water partition coefficient (Wildman–Crippen LogP) is 2.06. The van der Waals surface area contributed by atoms with Crippen LogP contribution in [0.25, 0.3) is 11.3 Å². The standard InChI is InChI=1S/C15H8BF2N3O/c17-16(18)20-8-4-3-7-13(20)12(9-19)14-10-5-1-2-6-11(10)15(22)21(14)16/h1-8H. The Balaban J connectivity index is 2.16. The summed E-state index contributed by atoms with van der Waals surface area (Å²) in [5.74, 6) is -0.773. The molecule has 4 nitrogen and oxygen atoms in total. The Morgan fingerprint density at radius 1 is 1.09 bits per heavy atom. The van der Waals surface area contributed by atoms with E-state index in [1.807, 2.05) is 6.07 Å². The monoisotopic (exact) mass is 295 g/mol. The van der Waals surface area contributed by atoms with Gasteiger partial charge in [-0.3, -0.25) is 4.79 Å². The summed E-state index contributed by atoms with van der Waals surface area (Å²) in [6, 6.07) is 12.8. The second kappa shape index (κ2) is 4.01. The van der Waals surface area contributed by atoms with E-state index in [9.17, 15) is 18.7 Å². The minimum Gasteiger partial charge on any atom is -0.389 e. The first-order valence-corrected chi connectivity index (χ1v) is 6.68. The highest BCUT2D eigenvalue weighted by Crippen LogP contribution is 2.42. The molecule has 22 heavy (non-hydrogen) atoms. The van der Waals surface area contributed by atoms with E-state index in [-0.39, 0.29) is 22.5 Å². The number of amides is 1. The number of carbonyl (C=O) groups excluding carboxylic acids is 1. The van der Waals surface area contributed by atoms with Crippen molar-refractivity contribution in [1.29, 1.82) is 5.26 Å². The zero-order valence-corrected chi connectivity index (χ0v) is 11.2. The normalized spacial score (nSPS) is 17.7. The number of pyridine rings is 1. The summed E-state index contributed by atoms with van der Waals surface area (Å²) in [6.07, 6.45) is 1.19. The van der Waals surface area contributed by atoms with Crippen LogP contribution in [-0.2, 0) is 0 Å². The summed E-state index contributed by atoms with van der Waals surface area (Å²) in [4.78, 5) is 12.9. The first kappa shape index (κ1) is 12.7. The van der Waals surface area contributed by atoms with Gasteiger partial charge in [0.1, 0.15) is 17.8 Å². The number of hydrogen-bond donors (Lipinski definition) is 0. The van der Waals surface area contributed by atoms with Gasteiger partial charge in [-0.25, -0.2) is 0 Å². The molecule has 7 heteroatoms. The Kier molecular flexibility index (Phi) is 2.32. The molecule has 0 atom stereocenters. The maximum atomic E-state index is 14.9. The molecule has 0 saturated heterocycles. The van der Waals surface area contributed by atoms with E-state index in [1.54, 1.807) is 24.3 Å². The van der Waals surface area contributed by atoms with Gasteiger partial charge in [0.05, 0.1) is 0 Å². The number of nitrogens with zero attached hydrogens (tertiary/aromatic N) is 3. The number of benzene rings is 1. The lowest BCUT2D eigenvalue weighted by atomic mass is 9.85. The molecule has 1 aromatic carbocycles. The molecule has 2 aliphatic heterocycles. The fourth-order valence-corrected chi connectivity index (χ4v) is 3.08. The van der Waals surface area contributed by atoms with E-state index in [0.29, 0.717) is 14.9 Å². The summed E-state index contributed by atoms with van der Waals surface area (Å²) >= 11 is 0. The molecule has 106 valence electrons. The number of rotatable bonds is 0. The minimum atomic E-state index is -4.33. The van der Waals surface area contributed by atoms with Crippen molar-refractivity contribution in [3.63, 3.8) is 0 Å². The van der Waals surface area contributed by atoms with Crippen molar-refractivity contribution in [3.8, 4) is 6.07 Å². The Hall–Kier alpha value is -3.01. The van der Waals surface area contributed by atoms with Crippen LogP contribution in [-0.4, -0.2) is 17.7 Å². The number of hydrogen-bond acceptors (Lipinski definition) is 2. The molecule has 0 spiro atoms. The third-order valence-corrected chi connectivity index (χ3v) is 4.01. The first-order valence-electron chi connectivity index (χ1n) is 6.68. The van der Waals surface area contributed by atoms with E-state index in [1.165, 1.54) is 24.4 Å². The molecule has 2 aliphatic rings. The maximum Gasteiger partial charge on any atom is 0.739 e. The van der Waals surface area contributed by atoms with Crippen molar-refractivity contribution in [2.24, 2.45) is 0 Å². The third-order valence-electron chi connectivity index (χ3n) is 4.01. The largest absolute Gasteiger partial charge is 0.739 e. The molecule has 0 fully saturated rings. The quantitative estimate of drug-likeness (QED) is 0.698. The highest BCUT2D eigenvalue weighted by molar-refractivity contribution is 6.61. The number of nitriles is 1. The molecule has 0 bridgehead atoms. The number of fused-ring (bicyclic) bond motifs is 4. The second-order valence-electron chi connectivity index (χ2n) is 5.14. The smallest absolute Gasteiger partial charge is 0.389 e. The molecule has 0 aliphatic carbocycles. The van der Waals surface area contributed by atoms with Crippen molar-refractivity contribution in [3.05, 3.63) is 65.5 Å². The fraction of sp³-hybridized carbons (Fsp3) is 0. The lowest BCUT2D eigenvalue weighted by molar-refractivity contribution is -0.576. The molecular formula is C15H8BF2N3O. The van der Waals surface area contributed by atoms with Crippen LogP contribution in [0.2, 0.25) is 0 Å². The number of allylic oxidation sites excluding steroid dienone is 1. The molecule has 3 heterocycles. The van der Waals surface area contributed by atoms with Crippen LogP contribution in [0.4, 0.5) is 8.63 Å². The number of carbonyl (C=O) groups is 1. The van der Waals surface area contributed by atoms with Gasteiger partial charge in [-0.1, -0.05) is 24.3 Å². The number of aromatic nitrogens is 1. The van der Waals surface area contributed by atoms with Crippen LogP contribution in [0.1, 0.15) is 21.6 Å². The molecule has 0 N–H and O–H groups in total. The van der Waals surface area contributed by atoms with Gasteiger partial charge in [-0.15, -0.1) is 0 Å². The summed E-state index contributed by atoms with van der Waals surface area (Å²) in [7, 11) is 0. The van der Waals surface area contributed by atoms with Crippen LogP contribution in [0.5, 0.6) is 0 Å². The van der Waals surface area contributed by atoms with Crippen LogP contribution in [0.3, 0.4) is 0 Å². The van der Waals surface area contributed by atoms with Gasteiger partial charge in [-0.05, 0) is 12.1 Å². The van der Waals surface area contributed by atoms with Crippen molar-refractivity contribution in [2.75, 3.05) is 0 Å². The van der Waals surface area contributed by atoms with Gasteiger partial charge in [0.2, 0.25) is 5.91 Å². The van der Waals surface area contributed by atoms with Crippen molar-refractivity contribution in [1.82, 2.24) is 4.81 Å². The molecule has 1 amide bonds. The van der Waals surface area contributed by atoms with Crippen LogP contribution in [0.15, 0.2) is 48.7 Å². The van der Waals surface area contributed by atoms with E-state index >= 15 is 0 Å². The lowest BCUT2D eigenvalue weighted by Gasteiger charge is -2.35.